The summed E-state index contributed by atoms with van der Waals surface area (Å²) in [6.45, 7) is 7.32. The van der Waals surface area contributed by atoms with Gasteiger partial charge in [-0.1, -0.05) is 39.3 Å². The molecule has 0 bridgehead atoms. The molecule has 3 nitrogen and oxygen atoms in total. The van der Waals surface area contributed by atoms with Crippen molar-refractivity contribution in [3.05, 3.63) is 29.3 Å². The lowest BCUT2D eigenvalue weighted by molar-refractivity contribution is -0.118. The molecule has 0 aliphatic carbocycles. The summed E-state index contributed by atoms with van der Waals surface area (Å²) in [5, 5.41) is 0. The van der Waals surface area contributed by atoms with Crippen LogP contribution in [0.1, 0.15) is 57.6 Å². The molecule has 2 N–H and O–H groups in total. The Morgan fingerprint density at radius 3 is 2.82 bits per heavy atom. The molecule has 1 unspecified atom stereocenters. The van der Waals surface area contributed by atoms with E-state index in [0.29, 0.717) is 12.3 Å². The Labute approximate surface area is 134 Å². The zero-order chi connectivity index (χ0) is 16.1. The van der Waals surface area contributed by atoms with Crippen LogP contribution in [0.4, 0.5) is 5.69 Å². The zero-order valence-electron chi connectivity index (χ0n) is 14.3. The molecule has 0 saturated carbocycles. The molecule has 0 saturated heterocycles. The van der Waals surface area contributed by atoms with Gasteiger partial charge in [-0.15, -0.1) is 0 Å². The van der Waals surface area contributed by atoms with Crippen molar-refractivity contribution >= 4 is 11.6 Å². The third kappa shape index (κ3) is 4.10. The van der Waals surface area contributed by atoms with Gasteiger partial charge < -0.3 is 10.6 Å². The Balaban J connectivity index is 2.14. The molecule has 0 radical (unpaired) electrons. The van der Waals surface area contributed by atoms with Crippen molar-refractivity contribution in [1.82, 2.24) is 0 Å². The summed E-state index contributed by atoms with van der Waals surface area (Å²) in [4.78, 5) is 14.4. The van der Waals surface area contributed by atoms with E-state index in [1.807, 2.05) is 4.90 Å². The summed E-state index contributed by atoms with van der Waals surface area (Å²) in [5.41, 5.74) is 9.91. The first kappa shape index (κ1) is 17.0. The number of hydrogen-bond acceptors (Lipinski definition) is 2. The number of amides is 1. The Hall–Kier alpha value is -1.35. The third-order valence-electron chi connectivity index (χ3n) is 4.64. The van der Waals surface area contributed by atoms with Crippen LogP contribution in [-0.4, -0.2) is 18.5 Å². The quantitative estimate of drug-likeness (QED) is 0.871. The maximum atomic E-state index is 12.4. The highest BCUT2D eigenvalue weighted by molar-refractivity contribution is 5.94. The van der Waals surface area contributed by atoms with Gasteiger partial charge in [0.15, 0.2) is 0 Å². The second kappa shape index (κ2) is 7.77. The van der Waals surface area contributed by atoms with Gasteiger partial charge in [0, 0.05) is 24.7 Å². The molecule has 2 rings (SSSR count). The molecule has 1 aliphatic heterocycles. The average molecular weight is 302 g/mol. The summed E-state index contributed by atoms with van der Waals surface area (Å²) < 4.78 is 0. The number of nitrogens with zero attached hydrogens (tertiary/aromatic N) is 1. The van der Waals surface area contributed by atoms with Crippen LogP contribution in [0.15, 0.2) is 18.2 Å². The number of hydrogen-bond donors (Lipinski definition) is 1. The van der Waals surface area contributed by atoms with Gasteiger partial charge in [0.2, 0.25) is 5.91 Å². The van der Waals surface area contributed by atoms with Crippen molar-refractivity contribution in [2.24, 2.45) is 11.7 Å². The number of aryl methyl sites for hydroxylation is 1. The summed E-state index contributed by atoms with van der Waals surface area (Å²) in [7, 11) is 0. The van der Waals surface area contributed by atoms with E-state index in [9.17, 15) is 4.79 Å². The fourth-order valence-corrected chi connectivity index (χ4v) is 3.01. The molecule has 3 heteroatoms. The highest BCUT2D eigenvalue weighted by atomic mass is 16.2. The van der Waals surface area contributed by atoms with Gasteiger partial charge in [-0.05, 0) is 48.8 Å². The van der Waals surface area contributed by atoms with Gasteiger partial charge in [0.25, 0.3) is 0 Å². The molecule has 1 aliphatic rings. The molecule has 1 heterocycles. The minimum absolute atomic E-state index is 0.198. The lowest BCUT2D eigenvalue weighted by Gasteiger charge is -2.30. The van der Waals surface area contributed by atoms with Crippen LogP contribution < -0.4 is 10.6 Å². The largest absolute Gasteiger partial charge is 0.327 e. The SMILES string of the molecule is CCCCC(=O)N1CCCc2cc(CC(N)C(C)C)ccc21. The van der Waals surface area contributed by atoms with Gasteiger partial charge in [0.05, 0.1) is 0 Å². The lowest BCUT2D eigenvalue weighted by Crippen LogP contribution is -2.35. The predicted octanol–water partition coefficient (Wildman–Crippen LogP) is 3.68. The molecular formula is C19H30N2O. The second-order valence-electron chi connectivity index (χ2n) is 6.83. The maximum absolute atomic E-state index is 12.4. The first-order valence-electron chi connectivity index (χ1n) is 8.70. The standard InChI is InChI=1S/C19H30N2O/c1-4-5-8-19(22)21-11-6-7-16-12-15(9-10-18(16)21)13-17(20)14(2)3/h9-10,12,14,17H,4-8,11,13,20H2,1-3H3. The fourth-order valence-electron chi connectivity index (χ4n) is 3.01. The highest BCUT2D eigenvalue weighted by Crippen LogP contribution is 2.29. The third-order valence-corrected chi connectivity index (χ3v) is 4.64. The van der Waals surface area contributed by atoms with Crippen LogP contribution in [0, 0.1) is 5.92 Å². The van der Waals surface area contributed by atoms with E-state index in [-0.39, 0.29) is 11.9 Å². The molecule has 1 aromatic rings. The molecule has 1 atom stereocenters. The molecule has 22 heavy (non-hydrogen) atoms. The molecule has 0 spiro atoms. The van der Waals surface area contributed by atoms with Crippen LogP contribution in [0.2, 0.25) is 0 Å². The minimum Gasteiger partial charge on any atom is -0.327 e. The second-order valence-corrected chi connectivity index (χ2v) is 6.83. The first-order valence-corrected chi connectivity index (χ1v) is 8.70. The van der Waals surface area contributed by atoms with Gasteiger partial charge in [0.1, 0.15) is 0 Å². The zero-order valence-corrected chi connectivity index (χ0v) is 14.3. The smallest absolute Gasteiger partial charge is 0.226 e. The number of nitrogens with two attached hydrogens (primary N) is 1. The van der Waals surface area contributed by atoms with Crippen LogP contribution in [0.25, 0.3) is 0 Å². The van der Waals surface area contributed by atoms with E-state index in [1.165, 1.54) is 11.1 Å². The molecule has 1 aromatic carbocycles. The van der Waals surface area contributed by atoms with Crippen molar-refractivity contribution in [3.8, 4) is 0 Å². The monoisotopic (exact) mass is 302 g/mol. The van der Waals surface area contributed by atoms with Crippen LogP contribution in [-0.2, 0) is 17.6 Å². The Morgan fingerprint density at radius 1 is 1.36 bits per heavy atom. The number of fused-ring (bicyclic) bond motifs is 1. The van der Waals surface area contributed by atoms with Crippen molar-refractivity contribution < 1.29 is 4.79 Å². The van der Waals surface area contributed by atoms with E-state index in [2.05, 4.69) is 39.0 Å². The van der Waals surface area contributed by atoms with Crippen LogP contribution in [0.5, 0.6) is 0 Å². The summed E-state index contributed by atoms with van der Waals surface area (Å²) in [5.74, 6) is 0.762. The first-order chi connectivity index (χ1) is 10.5. The summed E-state index contributed by atoms with van der Waals surface area (Å²) >= 11 is 0. The molecular weight excluding hydrogens is 272 g/mol. The molecule has 122 valence electrons. The fraction of sp³-hybridized carbons (Fsp3) is 0.632. The lowest BCUT2D eigenvalue weighted by atomic mass is 9.93. The number of anilines is 1. The Morgan fingerprint density at radius 2 is 2.14 bits per heavy atom. The average Bonchev–Trinajstić information content (AvgIpc) is 2.51. The normalized spacial score (nSPS) is 15.8. The van der Waals surface area contributed by atoms with E-state index < -0.39 is 0 Å². The number of rotatable bonds is 6. The van der Waals surface area contributed by atoms with Gasteiger partial charge >= 0.3 is 0 Å². The summed E-state index contributed by atoms with van der Waals surface area (Å²) in [6, 6.07) is 6.73. The van der Waals surface area contributed by atoms with Crippen LogP contribution in [0.3, 0.4) is 0 Å². The van der Waals surface area contributed by atoms with E-state index in [4.69, 9.17) is 5.73 Å². The van der Waals surface area contributed by atoms with Crippen molar-refractivity contribution in [2.45, 2.75) is 65.3 Å². The predicted molar refractivity (Wildman–Crippen MR) is 93.2 cm³/mol. The van der Waals surface area contributed by atoms with Gasteiger partial charge in [-0.25, -0.2) is 0 Å². The molecule has 1 amide bonds. The van der Waals surface area contributed by atoms with Crippen LogP contribution >= 0.6 is 0 Å². The highest BCUT2D eigenvalue weighted by Gasteiger charge is 2.22. The van der Waals surface area contributed by atoms with Crippen molar-refractivity contribution in [3.63, 3.8) is 0 Å². The Bertz CT molecular complexity index is 510. The van der Waals surface area contributed by atoms with Gasteiger partial charge in [-0.2, -0.15) is 0 Å². The molecule has 0 fully saturated rings. The van der Waals surface area contributed by atoms with Crippen molar-refractivity contribution in [2.75, 3.05) is 11.4 Å². The Kier molecular flexibility index (Phi) is 6.01. The number of unbranched alkanes of at least 4 members (excludes halogenated alkanes) is 1. The number of benzene rings is 1. The molecule has 0 aromatic heterocycles. The topological polar surface area (TPSA) is 46.3 Å². The maximum Gasteiger partial charge on any atom is 0.226 e. The van der Waals surface area contributed by atoms with Crippen molar-refractivity contribution in [1.29, 1.82) is 0 Å². The van der Waals surface area contributed by atoms with E-state index >= 15 is 0 Å². The van der Waals surface area contributed by atoms with E-state index in [1.54, 1.807) is 0 Å². The minimum atomic E-state index is 0.198. The van der Waals surface area contributed by atoms with E-state index in [0.717, 1.165) is 44.3 Å². The number of carbonyl (C=O) groups is 1. The number of carbonyl (C=O) groups excluding carboxylic acids is 1. The summed E-state index contributed by atoms with van der Waals surface area (Å²) in [6.07, 6.45) is 5.75. The van der Waals surface area contributed by atoms with Gasteiger partial charge in [-0.3, -0.25) is 4.79 Å².